The monoisotopic (exact) mass is 686 g/mol. The Hall–Kier alpha value is -3.98. The molecule has 0 aliphatic heterocycles. The van der Waals surface area contributed by atoms with Crippen LogP contribution in [-0.4, -0.2) is 51.7 Å². The summed E-state index contributed by atoms with van der Waals surface area (Å²) in [4.78, 5) is 38.5. The Morgan fingerprint density at radius 2 is 1.59 bits per heavy atom. The third kappa shape index (κ3) is 6.75. The lowest BCUT2D eigenvalue weighted by Gasteiger charge is -2.23. The molecule has 5 aromatic rings. The molecule has 10 nitrogen and oxygen atoms in total. The van der Waals surface area contributed by atoms with E-state index in [1.165, 1.54) is 29.1 Å². The molecule has 0 bridgehead atoms. The van der Waals surface area contributed by atoms with E-state index < -0.39 is 9.49 Å². The highest BCUT2D eigenvalue weighted by Crippen LogP contribution is 2.52. The number of aromatic amines is 2. The summed E-state index contributed by atoms with van der Waals surface area (Å²) in [6, 6.07) is 17.6. The zero-order valence-electron chi connectivity index (χ0n) is 25.0. The predicted molar refractivity (Wildman–Crippen MR) is 186 cm³/mol. The number of thiophene rings is 2. The molecule has 1 aromatic carbocycles. The fourth-order valence-electron chi connectivity index (χ4n) is 4.80. The van der Waals surface area contributed by atoms with Gasteiger partial charge in [-0.15, -0.1) is 32.9 Å². The highest BCUT2D eigenvalue weighted by atomic mass is 32.2. The Morgan fingerprint density at radius 3 is 2.30 bits per heavy atom. The Morgan fingerprint density at radius 1 is 0.848 bits per heavy atom. The van der Waals surface area contributed by atoms with Crippen molar-refractivity contribution in [3.05, 3.63) is 82.7 Å². The average molecular weight is 687 g/mol. The fourth-order valence-corrected chi connectivity index (χ4v) is 8.32. The van der Waals surface area contributed by atoms with Crippen LogP contribution in [0.5, 0.6) is 0 Å². The van der Waals surface area contributed by atoms with Crippen molar-refractivity contribution in [3.63, 3.8) is 0 Å². The number of allylic oxidation sites excluding steroid dienone is 4. The van der Waals surface area contributed by atoms with E-state index in [-0.39, 0.29) is 11.8 Å². The normalized spacial score (nSPS) is 15.6. The van der Waals surface area contributed by atoms with Gasteiger partial charge in [-0.2, -0.15) is 0 Å². The number of nitrogens with zero attached hydrogens (tertiary/aromatic N) is 4. The first-order valence-electron chi connectivity index (χ1n) is 14.7. The van der Waals surface area contributed by atoms with E-state index in [1.807, 2.05) is 73.8 Å². The van der Waals surface area contributed by atoms with Gasteiger partial charge in [0.1, 0.15) is 4.75 Å². The van der Waals surface area contributed by atoms with Crippen LogP contribution in [0.25, 0.3) is 27.0 Å². The summed E-state index contributed by atoms with van der Waals surface area (Å²) in [5, 5.41) is 23.9. The summed E-state index contributed by atoms with van der Waals surface area (Å²) in [6.07, 6.45) is 7.18. The Balaban J connectivity index is 0.951. The molecule has 14 heteroatoms. The third-order valence-electron chi connectivity index (χ3n) is 7.59. The molecule has 4 aromatic heterocycles. The summed E-state index contributed by atoms with van der Waals surface area (Å²) >= 11 is 5.98. The molecule has 0 saturated heterocycles. The first kappa shape index (κ1) is 30.7. The third-order valence-corrected chi connectivity index (χ3v) is 12.0. The molecule has 1 fully saturated rings. The zero-order chi connectivity index (χ0) is 31.7. The first-order valence-corrected chi connectivity index (χ1v) is 18.0. The molecule has 2 aliphatic rings. The molecule has 234 valence electrons. The smallest absolute Gasteiger partial charge is 0.241 e. The van der Waals surface area contributed by atoms with Gasteiger partial charge >= 0.3 is 0 Å². The summed E-state index contributed by atoms with van der Waals surface area (Å²) in [5.41, 5.74) is 2.88. The predicted octanol–water partition coefficient (Wildman–Crippen LogP) is 7.39. The van der Waals surface area contributed by atoms with Crippen molar-refractivity contribution in [1.29, 1.82) is 0 Å². The molecule has 0 radical (unpaired) electrons. The Labute approximate surface area is 282 Å². The van der Waals surface area contributed by atoms with Gasteiger partial charge in [0.25, 0.3) is 0 Å². The number of H-pyrrole nitrogens is 2. The quantitative estimate of drug-likeness (QED) is 0.105. The highest BCUT2D eigenvalue weighted by Gasteiger charge is 2.52. The van der Waals surface area contributed by atoms with Crippen molar-refractivity contribution in [2.75, 3.05) is 5.32 Å². The number of carbonyl (C=O) groups excluding carboxylic acids is 2. The maximum atomic E-state index is 13.2. The van der Waals surface area contributed by atoms with Gasteiger partial charge in [-0.1, -0.05) is 53.9 Å². The molecular formula is C32H30N8O2S4. The van der Waals surface area contributed by atoms with Crippen molar-refractivity contribution in [1.82, 2.24) is 35.7 Å². The second kappa shape index (κ2) is 12.7. The Bertz CT molecular complexity index is 1930. The number of hydrogen-bond acceptors (Lipinski definition) is 10. The standard InChI is InChI=1S/C32H30N8O2S4/c1-31(2,45-29-35-25(37-39-29)23-9-6-18-43-23)27(41)33-21-12-10-19(11-13-21)22-14-15-24(44-22)26-36-30(40-38-26)46-32(16-17-32)28(42)34-20-7-4-3-5-8-20/h3-10,12,14-15,18H,11,13,16-17H2,1-2H3,(H,33,41)(H,34,42)(H,35,37,39)(H,36,38,40). The number of para-hydroxylation sites is 1. The number of aromatic nitrogens is 6. The van der Waals surface area contributed by atoms with Gasteiger partial charge in [0.05, 0.1) is 14.5 Å². The van der Waals surface area contributed by atoms with Crippen LogP contribution in [-0.2, 0) is 9.59 Å². The van der Waals surface area contributed by atoms with E-state index in [2.05, 4.69) is 48.2 Å². The first-order chi connectivity index (χ1) is 22.3. The highest BCUT2D eigenvalue weighted by molar-refractivity contribution is 8.01. The number of amides is 2. The van der Waals surface area contributed by atoms with E-state index in [0.29, 0.717) is 22.0 Å². The number of hydrogen-bond donors (Lipinski definition) is 4. The van der Waals surface area contributed by atoms with Crippen LogP contribution >= 0.6 is 46.2 Å². The van der Waals surface area contributed by atoms with E-state index in [0.717, 1.165) is 51.7 Å². The van der Waals surface area contributed by atoms with E-state index in [1.54, 1.807) is 22.7 Å². The summed E-state index contributed by atoms with van der Waals surface area (Å²) in [6.45, 7) is 3.76. The van der Waals surface area contributed by atoms with Gasteiger partial charge < -0.3 is 10.6 Å². The van der Waals surface area contributed by atoms with Crippen LogP contribution in [0, 0.1) is 0 Å². The lowest BCUT2D eigenvalue weighted by atomic mass is 10.0. The van der Waals surface area contributed by atoms with Crippen LogP contribution in [0.3, 0.4) is 0 Å². The van der Waals surface area contributed by atoms with Crippen LogP contribution in [0.15, 0.2) is 88.1 Å². The second-order valence-corrected chi connectivity index (χ2v) is 16.4. The van der Waals surface area contributed by atoms with Gasteiger partial charge in [0.15, 0.2) is 11.6 Å². The number of anilines is 1. The van der Waals surface area contributed by atoms with Crippen molar-refractivity contribution in [3.8, 4) is 21.4 Å². The van der Waals surface area contributed by atoms with Gasteiger partial charge in [-0.25, -0.2) is 9.97 Å². The lowest BCUT2D eigenvalue weighted by Crippen LogP contribution is -2.39. The number of carbonyl (C=O) groups is 2. The molecule has 46 heavy (non-hydrogen) atoms. The Kier molecular flexibility index (Phi) is 8.44. The van der Waals surface area contributed by atoms with Crippen molar-refractivity contribution >= 4 is 69.3 Å². The minimum absolute atomic E-state index is 0.0123. The molecule has 0 spiro atoms. The van der Waals surface area contributed by atoms with Crippen LogP contribution in [0.4, 0.5) is 5.69 Å². The van der Waals surface area contributed by atoms with Crippen LogP contribution in [0.2, 0.25) is 0 Å². The molecule has 2 aliphatic carbocycles. The molecule has 2 amide bonds. The largest absolute Gasteiger partial charge is 0.329 e. The molecule has 4 heterocycles. The second-order valence-electron chi connectivity index (χ2n) is 11.4. The topological polar surface area (TPSA) is 141 Å². The summed E-state index contributed by atoms with van der Waals surface area (Å²) < 4.78 is -1.29. The lowest BCUT2D eigenvalue weighted by molar-refractivity contribution is -0.122. The van der Waals surface area contributed by atoms with E-state index in [9.17, 15) is 9.59 Å². The molecular weight excluding hydrogens is 657 g/mol. The number of benzene rings is 1. The summed E-state index contributed by atoms with van der Waals surface area (Å²) in [5.74, 6) is 1.29. The molecule has 1 saturated carbocycles. The molecule has 7 rings (SSSR count). The van der Waals surface area contributed by atoms with Crippen molar-refractivity contribution in [2.45, 2.75) is 59.3 Å². The van der Waals surface area contributed by atoms with Gasteiger partial charge in [-0.3, -0.25) is 19.8 Å². The molecule has 4 N–H and O–H groups in total. The minimum atomic E-state index is -0.762. The number of rotatable bonds is 11. The van der Waals surface area contributed by atoms with Crippen molar-refractivity contribution in [2.24, 2.45) is 0 Å². The van der Waals surface area contributed by atoms with Gasteiger partial charge in [0, 0.05) is 16.3 Å². The van der Waals surface area contributed by atoms with E-state index in [4.69, 9.17) is 4.98 Å². The van der Waals surface area contributed by atoms with Gasteiger partial charge in [0.2, 0.25) is 22.1 Å². The number of nitrogens with one attached hydrogen (secondary N) is 4. The average Bonchev–Trinajstić information content (AvgIpc) is 3.61. The maximum Gasteiger partial charge on any atom is 0.241 e. The SMILES string of the molecule is CC(C)(Sc1n[nH]c(-c2cccs2)n1)C(=O)NC1=CC=C(c2ccc(-c3nc(SC4(C(=O)Nc5ccccc5)CC4)n[nH]3)s2)CC1. The molecule has 0 atom stereocenters. The number of thioether (sulfide) groups is 2. The fraction of sp³-hybridized carbons (Fsp3) is 0.250. The summed E-state index contributed by atoms with van der Waals surface area (Å²) in [7, 11) is 0. The molecule has 0 unspecified atom stereocenters. The van der Waals surface area contributed by atoms with Crippen LogP contribution in [0.1, 0.15) is 44.4 Å². The zero-order valence-corrected chi connectivity index (χ0v) is 28.3. The van der Waals surface area contributed by atoms with Gasteiger partial charge in [-0.05, 0) is 86.9 Å². The van der Waals surface area contributed by atoms with Crippen LogP contribution < -0.4 is 10.6 Å². The van der Waals surface area contributed by atoms with E-state index >= 15 is 0 Å². The van der Waals surface area contributed by atoms with Crippen molar-refractivity contribution < 1.29 is 9.59 Å². The minimum Gasteiger partial charge on any atom is -0.329 e. The maximum absolute atomic E-state index is 13.2.